The summed E-state index contributed by atoms with van der Waals surface area (Å²) in [6.45, 7) is 11.1. The van der Waals surface area contributed by atoms with Gasteiger partial charge in [0.25, 0.3) is 0 Å². The van der Waals surface area contributed by atoms with E-state index in [1.165, 1.54) is 12.5 Å². The molecule has 4 heterocycles. The van der Waals surface area contributed by atoms with Gasteiger partial charge in [0.1, 0.15) is 42.7 Å². The molecule has 1 spiro atoms. The molecular weight excluding hydrogens is 724 g/mol. The van der Waals surface area contributed by atoms with Crippen LogP contribution in [0.2, 0.25) is 0 Å². The van der Waals surface area contributed by atoms with E-state index in [0.717, 1.165) is 51.6 Å². The third kappa shape index (κ3) is 6.38. The minimum atomic E-state index is -5.08. The van der Waals surface area contributed by atoms with Crippen molar-refractivity contribution in [2.45, 2.75) is 166 Å². The first-order valence-electron chi connectivity index (χ1n) is 20.4. The SMILES string of the molecule is CC1CC[C@@]2(OC1)O[C@H]1C[C@H]3[C@@H]4CC=C5C[C@@H]([C@@H]6O[C@H](CO)[C@@H](OS(=O)(=O)O)[C@H](O)[C@H]6O[C@@H]6O[C@@H](C)[C@H](O)[C@@H](O)[C@H]6O)CC[C@]5(C)[C@H]4CC[C@]3(C)[C@H]1[C@@H]2C. The molecule has 0 aromatic heterocycles. The third-order valence-corrected chi connectivity index (χ3v) is 16.5. The van der Waals surface area contributed by atoms with E-state index in [1.807, 2.05) is 0 Å². The summed E-state index contributed by atoms with van der Waals surface area (Å²) in [5.41, 5.74) is 1.46. The fourth-order valence-electron chi connectivity index (χ4n) is 13.2. The van der Waals surface area contributed by atoms with Crippen molar-refractivity contribution in [3.05, 3.63) is 11.6 Å². The van der Waals surface area contributed by atoms with Crippen molar-refractivity contribution in [2.75, 3.05) is 13.2 Å². The van der Waals surface area contributed by atoms with Gasteiger partial charge in [0.05, 0.1) is 31.5 Å². The van der Waals surface area contributed by atoms with Gasteiger partial charge in [-0.1, -0.05) is 39.3 Å². The van der Waals surface area contributed by atoms with E-state index in [2.05, 4.69) is 33.8 Å². The summed E-state index contributed by atoms with van der Waals surface area (Å²) in [7, 11) is -5.08. The summed E-state index contributed by atoms with van der Waals surface area (Å²) in [5.74, 6) is 2.30. The third-order valence-electron chi connectivity index (χ3n) is 16.1. The zero-order chi connectivity index (χ0) is 38.7. The molecule has 0 bridgehead atoms. The lowest BCUT2D eigenvalue weighted by Crippen LogP contribution is -2.65. The van der Waals surface area contributed by atoms with Crippen LogP contribution in [0, 0.1) is 52.3 Å². The molecule has 3 saturated carbocycles. The monoisotopic (exact) mass is 786 g/mol. The van der Waals surface area contributed by atoms with E-state index in [9.17, 15) is 38.5 Å². The molecule has 0 aromatic carbocycles. The Kier molecular flexibility index (Phi) is 10.5. The molecule has 1 unspecified atom stereocenters. The number of hydrogen-bond donors (Lipinski definition) is 6. The highest BCUT2D eigenvalue weighted by Crippen LogP contribution is 2.71. The first-order chi connectivity index (χ1) is 25.4. The topological polar surface area (TPSA) is 211 Å². The van der Waals surface area contributed by atoms with Crippen molar-refractivity contribution in [3.63, 3.8) is 0 Å². The van der Waals surface area contributed by atoms with Gasteiger partial charge in [-0.3, -0.25) is 4.55 Å². The predicted molar refractivity (Wildman–Crippen MR) is 191 cm³/mol. The normalized spacial score (nSPS) is 56.1. The van der Waals surface area contributed by atoms with Crippen LogP contribution in [0.1, 0.15) is 92.4 Å². The molecule has 4 aliphatic heterocycles. The molecule has 8 rings (SSSR count). The maximum Gasteiger partial charge on any atom is 0.397 e. The van der Waals surface area contributed by atoms with Crippen LogP contribution in [0.25, 0.3) is 0 Å². The Morgan fingerprint density at radius 2 is 1.67 bits per heavy atom. The number of aliphatic hydroxyl groups excluding tert-OH is 5. The van der Waals surface area contributed by atoms with Crippen LogP contribution in [0.15, 0.2) is 11.6 Å². The lowest BCUT2D eigenvalue weighted by molar-refractivity contribution is -0.339. The van der Waals surface area contributed by atoms with Crippen molar-refractivity contribution >= 4 is 10.4 Å². The number of fused-ring (bicyclic) bond motifs is 7. The zero-order valence-corrected chi connectivity index (χ0v) is 32.9. The highest BCUT2D eigenvalue weighted by Gasteiger charge is 2.69. The molecule has 54 heavy (non-hydrogen) atoms. The summed E-state index contributed by atoms with van der Waals surface area (Å²) in [5, 5.41) is 53.4. The molecule has 4 aliphatic carbocycles. The molecule has 0 amide bonds. The smallest absolute Gasteiger partial charge is 0.394 e. The van der Waals surface area contributed by atoms with Crippen molar-refractivity contribution in [1.82, 2.24) is 0 Å². The highest BCUT2D eigenvalue weighted by atomic mass is 32.3. The standard InChI is InChI=1S/C39H62O14S/c1-18-8-13-39(48-17-18)19(2)28-26(52-39)15-25-23-7-6-22-14-21(9-11-37(22,4)24(23)10-12-38(25,28)5)33-35(51-36-31(43)30(42)29(41)20(3)49-36)32(44)34(27(16-40)50-33)53-54(45,46)47/h6,18-21,23-36,40-44H,7-17H2,1-5H3,(H,45,46,47)/t18?,19-,20-,21-,23+,24-,25-,26-,27+,28-,29-,30+,31+,32-,33-,34+,35+,36-,37-,38-,39+/m0/s1. The van der Waals surface area contributed by atoms with Gasteiger partial charge >= 0.3 is 10.4 Å². The van der Waals surface area contributed by atoms with Gasteiger partial charge in [-0.15, -0.1) is 0 Å². The van der Waals surface area contributed by atoms with Crippen LogP contribution in [-0.4, -0.2) is 125 Å². The average molecular weight is 787 g/mol. The summed E-state index contributed by atoms with van der Waals surface area (Å²) in [4.78, 5) is 0. The molecular formula is C39H62O14S. The van der Waals surface area contributed by atoms with Crippen molar-refractivity contribution in [3.8, 4) is 0 Å². The molecule has 14 nitrogen and oxygen atoms in total. The first kappa shape index (κ1) is 40.0. The van der Waals surface area contributed by atoms with Gasteiger partial charge < -0.3 is 49.2 Å². The number of hydrogen-bond acceptors (Lipinski definition) is 13. The minimum absolute atomic E-state index is 0.0518. The number of ether oxygens (including phenoxy) is 5. The van der Waals surface area contributed by atoms with Gasteiger partial charge in [0, 0.05) is 12.3 Å². The molecule has 0 aromatic rings. The van der Waals surface area contributed by atoms with E-state index in [0.29, 0.717) is 48.3 Å². The summed E-state index contributed by atoms with van der Waals surface area (Å²) in [6, 6.07) is 0. The van der Waals surface area contributed by atoms with Crippen LogP contribution >= 0.6 is 0 Å². The molecule has 6 N–H and O–H groups in total. The maximum atomic E-state index is 11.8. The molecule has 7 fully saturated rings. The second-order valence-electron chi connectivity index (χ2n) is 18.9. The summed E-state index contributed by atoms with van der Waals surface area (Å²) < 4.78 is 69.6. The van der Waals surface area contributed by atoms with Crippen LogP contribution in [0.5, 0.6) is 0 Å². The van der Waals surface area contributed by atoms with E-state index in [-0.39, 0.29) is 22.9 Å². The fraction of sp³-hybridized carbons (Fsp3) is 0.949. The van der Waals surface area contributed by atoms with E-state index >= 15 is 0 Å². The van der Waals surface area contributed by atoms with Crippen molar-refractivity contribution in [2.24, 2.45) is 52.3 Å². The van der Waals surface area contributed by atoms with Crippen LogP contribution in [0.3, 0.4) is 0 Å². The van der Waals surface area contributed by atoms with Crippen LogP contribution in [0.4, 0.5) is 0 Å². The van der Waals surface area contributed by atoms with E-state index in [1.54, 1.807) is 0 Å². The zero-order valence-electron chi connectivity index (χ0n) is 32.1. The Labute approximate surface area is 318 Å². The maximum absolute atomic E-state index is 11.8. The quantitative estimate of drug-likeness (QED) is 0.169. The van der Waals surface area contributed by atoms with Gasteiger partial charge in [-0.2, -0.15) is 8.42 Å². The van der Waals surface area contributed by atoms with Crippen molar-refractivity contribution in [1.29, 1.82) is 0 Å². The predicted octanol–water partition coefficient (Wildman–Crippen LogP) is 2.49. The number of rotatable bonds is 6. The second kappa shape index (κ2) is 14.2. The lowest BCUT2D eigenvalue weighted by Gasteiger charge is -2.59. The Morgan fingerprint density at radius 1 is 0.907 bits per heavy atom. The first-order valence-corrected chi connectivity index (χ1v) is 21.7. The van der Waals surface area contributed by atoms with Gasteiger partial charge in [0.15, 0.2) is 12.1 Å². The molecule has 15 heteroatoms. The minimum Gasteiger partial charge on any atom is -0.394 e. The highest BCUT2D eigenvalue weighted by molar-refractivity contribution is 7.80. The molecule has 21 atom stereocenters. The van der Waals surface area contributed by atoms with Gasteiger partial charge in [-0.25, -0.2) is 4.18 Å². The number of aliphatic hydroxyl groups is 5. The van der Waals surface area contributed by atoms with Crippen LogP contribution in [-0.2, 0) is 38.3 Å². The average Bonchev–Trinajstić information content (AvgIpc) is 3.57. The Hall–Kier alpha value is -0.790. The summed E-state index contributed by atoms with van der Waals surface area (Å²) >= 11 is 0. The molecule has 0 radical (unpaired) electrons. The Morgan fingerprint density at radius 3 is 2.35 bits per heavy atom. The van der Waals surface area contributed by atoms with E-state index in [4.69, 9.17) is 27.9 Å². The summed E-state index contributed by atoms with van der Waals surface area (Å²) in [6.07, 6.45) is -2.98. The molecule has 8 aliphatic rings. The van der Waals surface area contributed by atoms with Gasteiger partial charge in [-0.05, 0) is 105 Å². The van der Waals surface area contributed by atoms with Crippen molar-refractivity contribution < 1.29 is 66.4 Å². The molecule has 308 valence electrons. The second-order valence-corrected chi connectivity index (χ2v) is 19.9. The van der Waals surface area contributed by atoms with Crippen LogP contribution < -0.4 is 0 Å². The van der Waals surface area contributed by atoms with Gasteiger partial charge in [0.2, 0.25) is 0 Å². The fourth-order valence-corrected chi connectivity index (χ4v) is 13.7. The molecule has 4 saturated heterocycles. The number of allylic oxidation sites excluding steroid dienone is 2. The largest absolute Gasteiger partial charge is 0.397 e. The van der Waals surface area contributed by atoms with E-state index < -0.39 is 84.0 Å². The lowest BCUT2D eigenvalue weighted by atomic mass is 9.46. The Bertz CT molecular complexity index is 1530. The Balaban J connectivity index is 1.03.